The molecule has 0 aromatic rings. The molecule has 0 saturated heterocycles. The Morgan fingerprint density at radius 2 is 0.667 bits per heavy atom. The topological polar surface area (TPSA) is 78.9 Å². The van der Waals surface area contributed by atoms with Crippen LogP contribution in [0.1, 0.15) is 258 Å². The number of carbonyl (C=O) groups excluding carboxylic acids is 3. The Morgan fingerprint density at radius 1 is 0.350 bits per heavy atom. The number of carbonyl (C=O) groups is 3. The van der Waals surface area contributed by atoms with Gasteiger partial charge in [-0.3, -0.25) is 14.4 Å². The van der Waals surface area contributed by atoms with Gasteiger partial charge < -0.3 is 14.2 Å². The zero-order chi connectivity index (χ0) is 43.7. The van der Waals surface area contributed by atoms with Gasteiger partial charge in [-0.05, 0) is 64.2 Å². The molecule has 0 aliphatic heterocycles. The number of rotatable bonds is 46. The summed E-state index contributed by atoms with van der Waals surface area (Å²) in [5, 5.41) is 0. The second-order valence-electron chi connectivity index (χ2n) is 17.1. The highest BCUT2D eigenvalue weighted by Gasteiger charge is 2.19. The molecule has 6 nitrogen and oxygen atoms in total. The highest BCUT2D eigenvalue weighted by atomic mass is 16.6. The molecule has 348 valence electrons. The second kappa shape index (κ2) is 49.0. The second-order valence-corrected chi connectivity index (χ2v) is 17.1. The van der Waals surface area contributed by atoms with Gasteiger partial charge in [0.05, 0.1) is 0 Å². The van der Waals surface area contributed by atoms with Crippen molar-refractivity contribution in [3.05, 3.63) is 48.6 Å². The van der Waals surface area contributed by atoms with Gasteiger partial charge in [0.2, 0.25) is 0 Å². The Kier molecular flexibility index (Phi) is 46.9. The number of hydrogen-bond acceptors (Lipinski definition) is 6. The van der Waals surface area contributed by atoms with Crippen LogP contribution in [0.3, 0.4) is 0 Å². The van der Waals surface area contributed by atoms with Gasteiger partial charge in [0.25, 0.3) is 0 Å². The average Bonchev–Trinajstić information content (AvgIpc) is 3.24. The first-order valence-electron chi connectivity index (χ1n) is 25.7. The summed E-state index contributed by atoms with van der Waals surface area (Å²) in [5.74, 6) is -0.905. The predicted octanol–water partition coefficient (Wildman–Crippen LogP) is 16.7. The van der Waals surface area contributed by atoms with Crippen LogP contribution in [0.25, 0.3) is 0 Å². The number of ether oxygens (including phenoxy) is 3. The largest absolute Gasteiger partial charge is 0.462 e. The molecule has 0 fully saturated rings. The molecular weight excluding hydrogens is 745 g/mol. The quantitative estimate of drug-likeness (QED) is 0.0200. The monoisotopic (exact) mass is 841 g/mol. The van der Waals surface area contributed by atoms with Crippen molar-refractivity contribution in [1.29, 1.82) is 0 Å². The summed E-state index contributed by atoms with van der Waals surface area (Å²) in [6.45, 7) is 6.47. The zero-order valence-corrected chi connectivity index (χ0v) is 39.7. The third-order valence-electron chi connectivity index (χ3n) is 11.1. The molecule has 0 amide bonds. The maximum atomic E-state index is 12.8. The summed E-state index contributed by atoms with van der Waals surface area (Å²) in [4.78, 5) is 37.9. The third-order valence-corrected chi connectivity index (χ3v) is 11.1. The van der Waals surface area contributed by atoms with Gasteiger partial charge in [-0.2, -0.15) is 0 Å². The van der Waals surface area contributed by atoms with Crippen LogP contribution in [-0.4, -0.2) is 37.2 Å². The van der Waals surface area contributed by atoms with E-state index >= 15 is 0 Å². The molecule has 0 radical (unpaired) electrons. The van der Waals surface area contributed by atoms with Crippen molar-refractivity contribution in [3.63, 3.8) is 0 Å². The molecular formula is C54H96O6. The van der Waals surface area contributed by atoms with Crippen LogP contribution in [-0.2, 0) is 28.6 Å². The Labute approximate surface area is 371 Å². The summed E-state index contributed by atoms with van der Waals surface area (Å²) >= 11 is 0. The third kappa shape index (κ3) is 46.4. The van der Waals surface area contributed by atoms with Crippen LogP contribution in [0, 0.1) is 0 Å². The first kappa shape index (κ1) is 57.4. The summed E-state index contributed by atoms with van der Waals surface area (Å²) in [7, 11) is 0. The average molecular weight is 841 g/mol. The van der Waals surface area contributed by atoms with E-state index in [1.807, 2.05) is 0 Å². The molecule has 0 aliphatic rings. The van der Waals surface area contributed by atoms with E-state index in [4.69, 9.17) is 14.2 Å². The minimum atomic E-state index is -0.783. The first-order valence-corrected chi connectivity index (χ1v) is 25.7. The van der Waals surface area contributed by atoms with Gasteiger partial charge in [-0.25, -0.2) is 0 Å². The Balaban J connectivity index is 4.35. The van der Waals surface area contributed by atoms with Crippen molar-refractivity contribution in [2.24, 2.45) is 0 Å². The highest BCUT2D eigenvalue weighted by Crippen LogP contribution is 2.16. The van der Waals surface area contributed by atoms with E-state index < -0.39 is 6.10 Å². The van der Waals surface area contributed by atoms with E-state index in [0.29, 0.717) is 19.3 Å². The molecule has 0 aromatic carbocycles. The fourth-order valence-corrected chi connectivity index (χ4v) is 7.26. The molecule has 0 aromatic heterocycles. The lowest BCUT2D eigenvalue weighted by molar-refractivity contribution is -0.167. The highest BCUT2D eigenvalue weighted by molar-refractivity contribution is 5.71. The Bertz CT molecular complexity index is 1060. The molecule has 0 heterocycles. The Hall–Kier alpha value is -2.63. The number of esters is 3. The van der Waals surface area contributed by atoms with Gasteiger partial charge in [-0.1, -0.05) is 223 Å². The lowest BCUT2D eigenvalue weighted by Gasteiger charge is -2.18. The zero-order valence-electron chi connectivity index (χ0n) is 39.7. The van der Waals surface area contributed by atoms with Crippen LogP contribution >= 0.6 is 0 Å². The molecule has 0 rings (SSSR count). The summed E-state index contributed by atoms with van der Waals surface area (Å²) < 4.78 is 16.8. The number of allylic oxidation sites excluding steroid dienone is 8. The van der Waals surface area contributed by atoms with Gasteiger partial charge in [-0.15, -0.1) is 0 Å². The van der Waals surface area contributed by atoms with E-state index in [2.05, 4.69) is 69.4 Å². The van der Waals surface area contributed by atoms with Crippen molar-refractivity contribution < 1.29 is 28.6 Å². The Morgan fingerprint density at radius 3 is 1.08 bits per heavy atom. The summed E-state index contributed by atoms with van der Waals surface area (Å²) in [6.07, 6.45) is 58.1. The standard InChI is InChI=1S/C54H96O6/c1-4-7-10-13-16-19-22-25-26-27-28-30-32-35-38-41-44-47-53(56)59-50-51(49-58-52(55)46-43-40-37-34-31-24-21-18-15-12-9-6-3)60-54(57)48-45-42-39-36-33-29-23-20-17-14-11-8-5-2/h8,11,14,17-18,20-21,23,51H,4-7,9-10,12-13,15-16,19,22,24-50H2,1-3H3/b11-8-,17-14-,21-18-,23-20-. The van der Waals surface area contributed by atoms with Crippen molar-refractivity contribution >= 4 is 17.9 Å². The van der Waals surface area contributed by atoms with Gasteiger partial charge in [0.1, 0.15) is 13.2 Å². The van der Waals surface area contributed by atoms with Crippen molar-refractivity contribution in [3.8, 4) is 0 Å². The molecule has 0 bridgehead atoms. The molecule has 0 N–H and O–H groups in total. The van der Waals surface area contributed by atoms with E-state index in [0.717, 1.165) is 89.9 Å². The summed E-state index contributed by atoms with van der Waals surface area (Å²) in [6, 6.07) is 0. The molecule has 0 aliphatic carbocycles. The van der Waals surface area contributed by atoms with Crippen LogP contribution in [0.15, 0.2) is 48.6 Å². The van der Waals surface area contributed by atoms with E-state index in [-0.39, 0.29) is 31.1 Å². The maximum Gasteiger partial charge on any atom is 0.306 e. The molecule has 6 heteroatoms. The summed E-state index contributed by atoms with van der Waals surface area (Å²) in [5.41, 5.74) is 0. The number of hydrogen-bond donors (Lipinski definition) is 0. The first-order chi connectivity index (χ1) is 29.5. The molecule has 0 spiro atoms. The fraction of sp³-hybridized carbons (Fsp3) is 0.796. The van der Waals surface area contributed by atoms with E-state index in [1.54, 1.807) is 0 Å². The van der Waals surface area contributed by atoms with Crippen molar-refractivity contribution in [2.45, 2.75) is 264 Å². The molecule has 60 heavy (non-hydrogen) atoms. The van der Waals surface area contributed by atoms with Crippen LogP contribution in [0.2, 0.25) is 0 Å². The normalized spacial score (nSPS) is 12.4. The van der Waals surface area contributed by atoms with E-state index in [9.17, 15) is 14.4 Å². The van der Waals surface area contributed by atoms with Gasteiger partial charge >= 0.3 is 17.9 Å². The smallest absolute Gasteiger partial charge is 0.306 e. The van der Waals surface area contributed by atoms with Crippen molar-refractivity contribution in [1.82, 2.24) is 0 Å². The maximum absolute atomic E-state index is 12.8. The molecule has 0 saturated carbocycles. The van der Waals surface area contributed by atoms with Crippen LogP contribution in [0.5, 0.6) is 0 Å². The van der Waals surface area contributed by atoms with E-state index in [1.165, 1.54) is 128 Å². The minimum Gasteiger partial charge on any atom is -0.462 e. The lowest BCUT2D eigenvalue weighted by Crippen LogP contribution is -2.30. The minimum absolute atomic E-state index is 0.0819. The molecule has 1 atom stereocenters. The molecule has 1 unspecified atom stereocenters. The SMILES string of the molecule is CC\C=C/C=C\C=C/CCCCCCCC(=O)OC(COC(=O)CCCCCCC/C=C\CCCCC)COC(=O)CCCCCCCCCCCCCCCCCCC. The number of unbranched alkanes of at least 4 members (excludes halogenated alkanes) is 29. The lowest BCUT2D eigenvalue weighted by atomic mass is 10.0. The van der Waals surface area contributed by atoms with Crippen LogP contribution < -0.4 is 0 Å². The van der Waals surface area contributed by atoms with Gasteiger partial charge in [0.15, 0.2) is 6.10 Å². The van der Waals surface area contributed by atoms with Crippen LogP contribution in [0.4, 0.5) is 0 Å². The van der Waals surface area contributed by atoms with Crippen molar-refractivity contribution in [2.75, 3.05) is 13.2 Å². The van der Waals surface area contributed by atoms with Gasteiger partial charge in [0, 0.05) is 19.3 Å². The predicted molar refractivity (Wildman–Crippen MR) is 256 cm³/mol. The fourth-order valence-electron chi connectivity index (χ4n) is 7.26.